The Morgan fingerprint density at radius 2 is 2.03 bits per heavy atom. The molecule has 1 saturated carbocycles. The molecular formula is C23H29ClO6. The van der Waals surface area contributed by atoms with Gasteiger partial charge in [0.15, 0.2) is 0 Å². The number of esters is 1. The Hall–Kier alpha value is -2.12. The van der Waals surface area contributed by atoms with E-state index in [0.29, 0.717) is 23.6 Å². The summed E-state index contributed by atoms with van der Waals surface area (Å²) in [5.74, 6) is -0.182. The number of methoxy groups -OCH3 is 1. The first-order valence-corrected chi connectivity index (χ1v) is 10.3. The summed E-state index contributed by atoms with van der Waals surface area (Å²) >= 11 is 5.91. The van der Waals surface area contributed by atoms with Crippen LogP contribution in [0.1, 0.15) is 19.3 Å². The van der Waals surface area contributed by atoms with Crippen molar-refractivity contribution in [3.05, 3.63) is 65.7 Å². The van der Waals surface area contributed by atoms with Gasteiger partial charge in [-0.15, -0.1) is 0 Å². The summed E-state index contributed by atoms with van der Waals surface area (Å²) in [6, 6.07) is 6.92. The average molecular weight is 437 g/mol. The van der Waals surface area contributed by atoms with E-state index < -0.39 is 18.3 Å². The molecule has 0 radical (unpaired) electrons. The zero-order chi connectivity index (χ0) is 21.9. The lowest BCUT2D eigenvalue weighted by Gasteiger charge is -2.19. The molecule has 0 aliphatic heterocycles. The van der Waals surface area contributed by atoms with Gasteiger partial charge in [0.25, 0.3) is 0 Å². The van der Waals surface area contributed by atoms with Crippen molar-refractivity contribution < 1.29 is 29.6 Å². The van der Waals surface area contributed by atoms with E-state index in [1.54, 1.807) is 54.6 Å². The standard InChI is InChI=1S/C23H29ClO6/c1-29-23(28)10-5-3-2-4-9-19-20(22(27)14-21(19)26)12-11-17(25)15-30-18-8-6-7-16(24)13-18/h2-8,11-13,17,19-22,25-27H,9-10,14-15H2,1H3/b4-2-,5-3-,12-11+/t17-,19?,20-,21?,22?/m1/s1. The molecule has 2 rings (SSSR count). The number of hydrogen-bond donors (Lipinski definition) is 3. The Labute approximate surface area is 182 Å². The lowest BCUT2D eigenvalue weighted by Crippen LogP contribution is -2.21. The van der Waals surface area contributed by atoms with Crippen molar-refractivity contribution in [1.29, 1.82) is 0 Å². The number of rotatable bonds is 10. The summed E-state index contributed by atoms with van der Waals surface area (Å²) < 4.78 is 10.1. The molecule has 0 saturated heterocycles. The number of carbonyl (C=O) groups excluding carboxylic acids is 1. The van der Waals surface area contributed by atoms with Crippen molar-refractivity contribution in [2.24, 2.45) is 11.8 Å². The van der Waals surface area contributed by atoms with Crippen LogP contribution in [0.2, 0.25) is 5.02 Å². The molecule has 164 valence electrons. The van der Waals surface area contributed by atoms with E-state index in [1.807, 2.05) is 6.08 Å². The molecular weight excluding hydrogens is 408 g/mol. The van der Waals surface area contributed by atoms with Gasteiger partial charge in [-0.2, -0.15) is 0 Å². The number of ether oxygens (including phenoxy) is 2. The van der Waals surface area contributed by atoms with Gasteiger partial charge in [-0.1, -0.05) is 54.1 Å². The molecule has 1 aliphatic carbocycles. The third-order valence-electron chi connectivity index (χ3n) is 4.99. The largest absolute Gasteiger partial charge is 0.491 e. The topological polar surface area (TPSA) is 96.2 Å². The van der Waals surface area contributed by atoms with Crippen LogP contribution in [-0.4, -0.2) is 53.3 Å². The van der Waals surface area contributed by atoms with Gasteiger partial charge in [0.05, 0.1) is 25.7 Å². The van der Waals surface area contributed by atoms with Crippen LogP contribution in [0.4, 0.5) is 0 Å². The SMILES string of the molecule is COC(=O)C/C=C\C=C/CC1C(O)CC(O)[C@@H]1/C=C/[C@@H](O)COc1cccc(Cl)c1. The number of benzene rings is 1. The summed E-state index contributed by atoms with van der Waals surface area (Å²) in [5, 5.41) is 31.3. The van der Waals surface area contributed by atoms with Gasteiger partial charge in [-0.3, -0.25) is 4.79 Å². The van der Waals surface area contributed by atoms with E-state index in [4.69, 9.17) is 16.3 Å². The quantitative estimate of drug-likeness (QED) is 0.296. The second-order valence-corrected chi connectivity index (χ2v) is 7.64. The highest BCUT2D eigenvalue weighted by molar-refractivity contribution is 6.30. The van der Waals surface area contributed by atoms with Gasteiger partial charge in [0, 0.05) is 17.4 Å². The molecule has 30 heavy (non-hydrogen) atoms. The van der Waals surface area contributed by atoms with Gasteiger partial charge in [-0.05, 0) is 30.5 Å². The Morgan fingerprint density at radius 3 is 2.77 bits per heavy atom. The van der Waals surface area contributed by atoms with Gasteiger partial charge in [0.1, 0.15) is 18.5 Å². The van der Waals surface area contributed by atoms with Crippen molar-refractivity contribution in [2.75, 3.05) is 13.7 Å². The van der Waals surface area contributed by atoms with Crippen molar-refractivity contribution >= 4 is 17.6 Å². The summed E-state index contributed by atoms with van der Waals surface area (Å²) in [6.07, 6.45) is 9.36. The van der Waals surface area contributed by atoms with Crippen molar-refractivity contribution in [1.82, 2.24) is 0 Å². The van der Waals surface area contributed by atoms with Gasteiger partial charge in [-0.25, -0.2) is 0 Å². The Morgan fingerprint density at radius 1 is 1.27 bits per heavy atom. The number of hydrogen-bond acceptors (Lipinski definition) is 6. The maximum Gasteiger partial charge on any atom is 0.309 e. The first-order chi connectivity index (χ1) is 14.4. The van der Waals surface area contributed by atoms with Crippen molar-refractivity contribution in [3.8, 4) is 5.75 Å². The van der Waals surface area contributed by atoms with Gasteiger partial charge in [0.2, 0.25) is 0 Å². The summed E-state index contributed by atoms with van der Waals surface area (Å²) in [7, 11) is 1.34. The number of carbonyl (C=O) groups is 1. The summed E-state index contributed by atoms with van der Waals surface area (Å²) in [6.45, 7) is 0.0533. The van der Waals surface area contributed by atoms with Gasteiger partial charge < -0.3 is 24.8 Å². The smallest absolute Gasteiger partial charge is 0.309 e. The van der Waals surface area contributed by atoms with E-state index in [0.717, 1.165) is 0 Å². The minimum absolute atomic E-state index is 0.0533. The predicted octanol–water partition coefficient (Wildman–Crippen LogP) is 3.06. The fraction of sp³-hybridized carbons (Fsp3) is 0.435. The lowest BCUT2D eigenvalue weighted by molar-refractivity contribution is -0.139. The first-order valence-electron chi connectivity index (χ1n) is 9.90. The van der Waals surface area contributed by atoms with E-state index >= 15 is 0 Å². The van der Waals surface area contributed by atoms with Crippen LogP contribution >= 0.6 is 11.6 Å². The van der Waals surface area contributed by atoms with Crippen LogP contribution < -0.4 is 4.74 Å². The molecule has 7 heteroatoms. The normalized spacial score (nSPS) is 25.4. The monoisotopic (exact) mass is 436 g/mol. The fourth-order valence-electron chi connectivity index (χ4n) is 3.40. The molecule has 0 aromatic heterocycles. The van der Waals surface area contributed by atoms with E-state index in [9.17, 15) is 20.1 Å². The molecule has 6 nitrogen and oxygen atoms in total. The minimum Gasteiger partial charge on any atom is -0.491 e. The molecule has 0 bridgehead atoms. The second-order valence-electron chi connectivity index (χ2n) is 7.20. The van der Waals surface area contributed by atoms with Crippen LogP contribution in [0.3, 0.4) is 0 Å². The number of aliphatic hydroxyl groups excluding tert-OH is 3. The Kier molecular flexibility index (Phi) is 10.1. The molecule has 0 spiro atoms. The van der Waals surface area contributed by atoms with Crippen LogP contribution in [0, 0.1) is 11.8 Å². The third kappa shape index (κ3) is 7.95. The maximum atomic E-state index is 11.0. The van der Waals surface area contributed by atoms with Crippen LogP contribution in [-0.2, 0) is 9.53 Å². The van der Waals surface area contributed by atoms with Crippen LogP contribution in [0.15, 0.2) is 60.7 Å². The zero-order valence-corrected chi connectivity index (χ0v) is 17.7. The van der Waals surface area contributed by atoms with E-state index in [1.165, 1.54) is 7.11 Å². The highest BCUT2D eigenvalue weighted by Gasteiger charge is 2.39. The molecule has 1 aromatic carbocycles. The van der Waals surface area contributed by atoms with Crippen molar-refractivity contribution in [2.45, 2.75) is 37.6 Å². The maximum absolute atomic E-state index is 11.0. The Balaban J connectivity index is 1.86. The molecule has 1 aromatic rings. The average Bonchev–Trinajstić information content (AvgIpc) is 2.99. The molecule has 0 amide bonds. The molecule has 5 atom stereocenters. The third-order valence-corrected chi connectivity index (χ3v) is 5.23. The lowest BCUT2D eigenvalue weighted by atomic mass is 9.90. The van der Waals surface area contributed by atoms with Gasteiger partial charge >= 0.3 is 5.97 Å². The first kappa shape index (κ1) is 24.2. The molecule has 3 unspecified atom stereocenters. The predicted molar refractivity (Wildman–Crippen MR) is 115 cm³/mol. The minimum atomic E-state index is -0.855. The Bertz CT molecular complexity index is 760. The van der Waals surface area contributed by atoms with E-state index in [2.05, 4.69) is 4.74 Å². The zero-order valence-electron chi connectivity index (χ0n) is 16.9. The highest BCUT2D eigenvalue weighted by atomic mass is 35.5. The fourth-order valence-corrected chi connectivity index (χ4v) is 3.58. The van der Waals surface area contributed by atoms with Crippen LogP contribution in [0.5, 0.6) is 5.75 Å². The summed E-state index contributed by atoms with van der Waals surface area (Å²) in [5.41, 5.74) is 0. The molecule has 1 aliphatic rings. The summed E-state index contributed by atoms with van der Waals surface area (Å²) in [4.78, 5) is 11.0. The molecule has 3 N–H and O–H groups in total. The second kappa shape index (κ2) is 12.5. The van der Waals surface area contributed by atoms with Crippen LogP contribution in [0.25, 0.3) is 0 Å². The molecule has 1 fully saturated rings. The number of halogens is 1. The number of aliphatic hydroxyl groups is 3. The molecule has 0 heterocycles. The van der Waals surface area contributed by atoms with Crippen molar-refractivity contribution in [3.63, 3.8) is 0 Å². The highest BCUT2D eigenvalue weighted by Crippen LogP contribution is 2.36. The van der Waals surface area contributed by atoms with E-state index in [-0.39, 0.29) is 30.8 Å². The number of allylic oxidation sites excluding steroid dienone is 3.